The third-order valence-electron chi connectivity index (χ3n) is 2.69. The predicted molar refractivity (Wildman–Crippen MR) is 123 cm³/mol. The topological polar surface area (TPSA) is 202 Å². The average molecular weight is 670 g/mol. The molecule has 2 aromatic rings. The molecular weight excluding hydrogens is 663 g/mol. The Labute approximate surface area is 244 Å². The average Bonchev–Trinajstić information content (AvgIpc) is 2.60. The summed E-state index contributed by atoms with van der Waals surface area (Å²) in [5.41, 5.74) is -0.683. The SMILES string of the molecule is O=P(Cl)(Cl)Cl.O=[N+]([O-])c1ccc(Cl)c(S(=O)(=O)Cl)c1.O=[N+]([O-])c1ccc(Cl)c([S-](=O)=O)c1.[Na+].[OH-]. The summed E-state index contributed by atoms with van der Waals surface area (Å²) in [6.07, 6.45) is 0. The van der Waals surface area contributed by atoms with Crippen LogP contribution >= 0.6 is 72.8 Å². The quantitative estimate of drug-likeness (QED) is 0.115. The first-order chi connectivity index (χ1) is 14.3. The summed E-state index contributed by atoms with van der Waals surface area (Å²) in [4.78, 5) is 18.4. The molecule has 0 amide bonds. The Morgan fingerprint density at radius 3 is 1.53 bits per heavy atom. The number of hydrogen-bond donors (Lipinski definition) is 0. The minimum Gasteiger partial charge on any atom is -0.870 e. The van der Waals surface area contributed by atoms with Gasteiger partial charge in [0.2, 0.25) is 0 Å². The first-order valence-electron chi connectivity index (χ1n) is 6.95. The zero-order valence-corrected chi connectivity index (χ0v) is 25.1. The summed E-state index contributed by atoms with van der Waals surface area (Å²) in [5.74, 6) is 0. The fraction of sp³-hybridized carbons (Fsp3) is 0. The number of hydrogen-bond acceptors (Lipinski definition) is 11. The minimum atomic E-state index is -4.05. The molecule has 0 saturated carbocycles. The summed E-state index contributed by atoms with van der Waals surface area (Å²) in [5, 5.41) is 17.2. The number of halogens is 6. The van der Waals surface area contributed by atoms with Gasteiger partial charge in [-0.1, -0.05) is 28.1 Å². The van der Waals surface area contributed by atoms with Gasteiger partial charge in [0, 0.05) is 40.0 Å². The van der Waals surface area contributed by atoms with Crippen molar-refractivity contribution in [2.75, 3.05) is 0 Å². The number of rotatable bonds is 4. The second kappa shape index (κ2) is 16.7. The normalized spacial score (nSPS) is 10.3. The van der Waals surface area contributed by atoms with Gasteiger partial charge in [0.25, 0.3) is 20.4 Å². The molecule has 12 nitrogen and oxygen atoms in total. The standard InChI is InChI=1S/C6H3Cl2NO4S.C6H3ClNO4S.Cl3OP.Na.H2O/c7-5-2-1-4(9(10)11)3-6(5)14(8,12)13;7-5-2-1-4(8(9)10)3-6(5)13(11)12;1-5(2,3)4;;/h1-3H;1-3H;;;1H2/q;-1;;+1;/p-1. The fourth-order valence-electron chi connectivity index (χ4n) is 1.53. The zero-order valence-electron chi connectivity index (χ0n) is 16.0. The Morgan fingerprint density at radius 2 is 1.21 bits per heavy atom. The van der Waals surface area contributed by atoms with Crippen LogP contribution in [-0.2, 0) is 32.7 Å². The van der Waals surface area contributed by atoms with Crippen LogP contribution in [0.2, 0.25) is 10.0 Å². The van der Waals surface area contributed by atoms with Gasteiger partial charge in [-0.05, 0) is 56.6 Å². The molecule has 0 fully saturated rings. The Bertz CT molecular complexity index is 1240. The predicted octanol–water partition coefficient (Wildman–Crippen LogP) is 3.73. The van der Waals surface area contributed by atoms with Gasteiger partial charge in [0.05, 0.1) is 14.9 Å². The van der Waals surface area contributed by atoms with E-state index in [2.05, 4.69) is 33.7 Å². The molecule has 0 aromatic heterocycles. The van der Waals surface area contributed by atoms with Gasteiger partial charge in [0.15, 0.2) is 0 Å². The zero-order chi connectivity index (χ0) is 25.4. The smallest absolute Gasteiger partial charge is 0.870 e. The summed E-state index contributed by atoms with van der Waals surface area (Å²) in [6, 6.07) is 6.22. The summed E-state index contributed by atoms with van der Waals surface area (Å²) in [7, 11) is -1.60. The maximum Gasteiger partial charge on any atom is 1.00 e. The second-order valence-electron chi connectivity index (χ2n) is 4.81. The van der Waals surface area contributed by atoms with Crippen molar-refractivity contribution in [1.82, 2.24) is 0 Å². The van der Waals surface area contributed by atoms with Gasteiger partial charge in [-0.2, -0.15) is 0 Å². The summed E-state index contributed by atoms with van der Waals surface area (Å²) < 4.78 is 52.3. The van der Waals surface area contributed by atoms with Crippen LogP contribution in [0.5, 0.6) is 0 Å². The molecule has 22 heteroatoms. The van der Waals surface area contributed by atoms with Crippen molar-refractivity contribution in [3.8, 4) is 0 Å². The van der Waals surface area contributed by atoms with E-state index >= 15 is 0 Å². The van der Waals surface area contributed by atoms with Gasteiger partial charge >= 0.3 is 34.8 Å². The van der Waals surface area contributed by atoms with E-state index in [-0.39, 0.29) is 61.3 Å². The molecule has 1 N–H and O–H groups in total. The van der Waals surface area contributed by atoms with Crippen molar-refractivity contribution in [2.45, 2.75) is 9.79 Å². The Morgan fingerprint density at radius 1 is 0.853 bits per heavy atom. The molecule has 0 aliphatic rings. The van der Waals surface area contributed by atoms with Crippen molar-refractivity contribution < 1.29 is 66.3 Å². The Hall–Kier alpha value is 0.0700. The van der Waals surface area contributed by atoms with Crippen LogP contribution in [0.25, 0.3) is 0 Å². The maximum absolute atomic E-state index is 10.9. The van der Waals surface area contributed by atoms with Crippen molar-refractivity contribution in [3.63, 3.8) is 0 Å². The number of nitro groups is 2. The Balaban J connectivity index is -0.000000452. The van der Waals surface area contributed by atoms with E-state index in [1.807, 2.05) is 0 Å². The van der Waals surface area contributed by atoms with Crippen LogP contribution < -0.4 is 29.6 Å². The third kappa shape index (κ3) is 15.9. The van der Waals surface area contributed by atoms with Crippen molar-refractivity contribution in [1.29, 1.82) is 0 Å². The van der Waals surface area contributed by atoms with Crippen LogP contribution in [0.3, 0.4) is 0 Å². The summed E-state index contributed by atoms with van der Waals surface area (Å²) >= 11 is 24.8. The van der Waals surface area contributed by atoms with Gasteiger partial charge in [-0.3, -0.25) is 24.8 Å². The fourth-order valence-corrected chi connectivity index (χ4v) is 3.76. The van der Waals surface area contributed by atoms with E-state index < -0.39 is 39.7 Å². The number of benzene rings is 2. The van der Waals surface area contributed by atoms with E-state index in [9.17, 15) is 41.6 Å². The molecule has 0 heterocycles. The third-order valence-corrected chi connectivity index (χ3v) is 5.64. The van der Waals surface area contributed by atoms with Crippen LogP contribution in [0.15, 0.2) is 46.2 Å². The van der Waals surface area contributed by atoms with Crippen LogP contribution in [0.1, 0.15) is 0 Å². The molecule has 0 unspecified atom stereocenters. The molecule has 2 rings (SSSR count). The van der Waals surface area contributed by atoms with E-state index in [0.717, 1.165) is 30.3 Å². The number of non-ortho nitro benzene ring substituents is 2. The molecule has 0 atom stereocenters. The molecule has 0 bridgehead atoms. The van der Waals surface area contributed by atoms with E-state index in [0.29, 0.717) is 0 Å². The first-order valence-corrected chi connectivity index (χ1v) is 15.5. The molecule has 0 radical (unpaired) electrons. The Kier molecular flexibility index (Phi) is 19.0. The molecule has 34 heavy (non-hydrogen) atoms. The largest absolute Gasteiger partial charge is 1.00 e. The monoisotopic (exact) mass is 667 g/mol. The molecule has 2 aromatic carbocycles. The van der Waals surface area contributed by atoms with E-state index in [1.165, 1.54) is 6.07 Å². The van der Waals surface area contributed by atoms with Crippen LogP contribution in [0, 0.1) is 20.2 Å². The second-order valence-corrected chi connectivity index (χ2v) is 15.7. The molecule has 0 spiro atoms. The minimum absolute atomic E-state index is 0. The maximum atomic E-state index is 10.9. The van der Waals surface area contributed by atoms with Crippen LogP contribution in [-0.4, -0.2) is 23.7 Å². The van der Waals surface area contributed by atoms with Gasteiger partial charge in [0.1, 0.15) is 4.90 Å². The van der Waals surface area contributed by atoms with Gasteiger partial charge in [-0.15, -0.1) is 0 Å². The van der Waals surface area contributed by atoms with Crippen LogP contribution in [0.4, 0.5) is 11.4 Å². The molecule has 0 saturated heterocycles. The molecular formula is C12H7Cl6N2NaO10PS2-. The van der Waals surface area contributed by atoms with Crippen molar-refractivity contribution in [2.24, 2.45) is 0 Å². The molecule has 0 aliphatic heterocycles. The van der Waals surface area contributed by atoms with Crippen molar-refractivity contribution in [3.05, 3.63) is 66.7 Å². The van der Waals surface area contributed by atoms with E-state index in [1.54, 1.807) is 0 Å². The molecule has 186 valence electrons. The van der Waals surface area contributed by atoms with Crippen molar-refractivity contribution >= 4 is 104 Å². The first kappa shape index (κ1) is 38.6. The van der Waals surface area contributed by atoms with E-state index in [4.69, 9.17) is 33.9 Å². The van der Waals surface area contributed by atoms with Gasteiger partial charge in [-0.25, -0.2) is 8.42 Å². The molecule has 0 aliphatic carbocycles. The van der Waals surface area contributed by atoms with Gasteiger partial charge < -0.3 is 13.9 Å². The number of nitro benzene ring substituents is 2. The number of nitrogens with zero attached hydrogens (tertiary/aromatic N) is 2. The summed E-state index contributed by atoms with van der Waals surface area (Å²) in [6.45, 7) is 0.